The molecular weight excluding hydrogens is 735 g/mol. The van der Waals surface area contributed by atoms with E-state index in [9.17, 15) is 47.9 Å². The molecule has 0 heterocycles. The Morgan fingerprint density at radius 2 is 0.863 bits per heavy atom. The van der Waals surface area contributed by atoms with Crippen molar-refractivity contribution in [1.82, 2.24) is 0 Å². The highest BCUT2D eigenvalue weighted by Gasteiger charge is 2.51. The molecule has 4 aromatic rings. The van der Waals surface area contributed by atoms with Gasteiger partial charge in [0, 0.05) is 9.79 Å². The average molecular weight is 769 g/mol. The topological polar surface area (TPSA) is 61.8 Å². The largest absolute Gasteiger partial charge is 0.487 e. The van der Waals surface area contributed by atoms with E-state index in [1.807, 2.05) is 0 Å². The van der Waals surface area contributed by atoms with Gasteiger partial charge in [0.25, 0.3) is 0 Å². The lowest BCUT2D eigenvalue weighted by Crippen LogP contribution is -2.28. The summed E-state index contributed by atoms with van der Waals surface area (Å²) in [7, 11) is -10.5. The molecule has 278 valence electrons. The molecule has 4 rings (SSSR count). The van der Waals surface area contributed by atoms with E-state index >= 15 is 0 Å². The smallest absolute Gasteiger partial charge is 0.417 e. The Morgan fingerprint density at radius 3 is 1.18 bits per heavy atom. The molecule has 0 radical (unpaired) electrons. The van der Waals surface area contributed by atoms with E-state index in [2.05, 4.69) is 0 Å². The van der Waals surface area contributed by atoms with Gasteiger partial charge in [-0.05, 0) is 100 Å². The Kier molecular flexibility index (Phi) is 10.6. The van der Waals surface area contributed by atoms with E-state index in [4.69, 9.17) is 13.1 Å². The number of hydrogen-bond donors (Lipinski definition) is 0. The molecule has 0 saturated carbocycles. The second-order valence-corrected chi connectivity index (χ2v) is 17.4. The minimum absolute atomic E-state index is 0.0440. The molecule has 0 aliphatic carbocycles. The van der Waals surface area contributed by atoms with Crippen LogP contribution in [0.1, 0.15) is 58.2 Å². The summed E-state index contributed by atoms with van der Waals surface area (Å²) in [5.41, 5.74) is -9.84. The summed E-state index contributed by atoms with van der Waals surface area (Å²) in [5.74, 6) is -0.191. The first-order chi connectivity index (χ1) is 23.2. The summed E-state index contributed by atoms with van der Waals surface area (Å²) in [6.07, 6.45) is -17.8. The van der Waals surface area contributed by atoms with Crippen molar-refractivity contribution >= 4 is 20.4 Å². The Balaban J connectivity index is 2.29. The minimum Gasteiger partial charge on any atom is -0.487 e. The third kappa shape index (κ3) is 8.95. The van der Waals surface area contributed by atoms with Crippen LogP contribution in [0, 0.1) is 0 Å². The molecule has 0 amide bonds. The molecule has 0 spiro atoms. The third-order valence-corrected chi connectivity index (χ3v) is 12.0. The van der Waals surface area contributed by atoms with Gasteiger partial charge in [0.15, 0.2) is 0 Å². The van der Waals surface area contributed by atoms with Crippen LogP contribution in [-0.4, -0.2) is 19.6 Å². The average Bonchev–Trinajstić information content (AvgIpc) is 2.97. The lowest BCUT2D eigenvalue weighted by molar-refractivity contribution is -0.152. The number of hydrogen-bond acceptors (Lipinski definition) is 5. The van der Waals surface area contributed by atoms with E-state index in [1.165, 1.54) is 78.9 Å². The Bertz CT molecular complexity index is 1850. The van der Waals surface area contributed by atoms with Gasteiger partial charge in [0.1, 0.15) is 32.5 Å². The van der Waals surface area contributed by atoms with E-state index in [1.54, 1.807) is 41.5 Å². The number of ether oxygens (including phenoxy) is 2. The zero-order chi connectivity index (χ0) is 38.4. The molecule has 0 fully saturated rings. The normalized spacial score (nSPS) is 13.9. The monoisotopic (exact) mass is 768 g/mol. The van der Waals surface area contributed by atoms with Crippen LogP contribution in [0.3, 0.4) is 0 Å². The first kappa shape index (κ1) is 39.9. The van der Waals surface area contributed by atoms with Gasteiger partial charge < -0.3 is 9.47 Å². The summed E-state index contributed by atoms with van der Waals surface area (Å²) in [6.45, 7) is 9.84. The number of rotatable bonds is 8. The summed E-state index contributed by atoms with van der Waals surface area (Å²) in [6, 6.07) is 17.2. The maximum Gasteiger partial charge on any atom is 0.417 e. The Morgan fingerprint density at radius 1 is 0.490 bits per heavy atom. The van der Waals surface area contributed by atoms with E-state index < -0.39 is 83.9 Å². The zero-order valence-corrected chi connectivity index (χ0v) is 29.6. The van der Waals surface area contributed by atoms with Crippen LogP contribution in [-0.2, 0) is 32.3 Å². The van der Waals surface area contributed by atoms with Crippen molar-refractivity contribution in [2.75, 3.05) is 0 Å². The fourth-order valence-electron chi connectivity index (χ4n) is 4.96. The molecular formula is C35H33F9O5S2. The van der Waals surface area contributed by atoms with Gasteiger partial charge in [-0.3, -0.25) is 0 Å². The predicted octanol–water partition coefficient (Wildman–Crippen LogP) is 11.7. The van der Waals surface area contributed by atoms with E-state index in [0.717, 1.165) is 0 Å². The predicted molar refractivity (Wildman–Crippen MR) is 172 cm³/mol. The maximum absolute atomic E-state index is 14.5. The van der Waals surface area contributed by atoms with Crippen LogP contribution in [0.25, 0.3) is 0 Å². The summed E-state index contributed by atoms with van der Waals surface area (Å²) in [5, 5.41) is 0. The minimum atomic E-state index is -6.35. The molecule has 0 atom stereocenters. The van der Waals surface area contributed by atoms with Crippen molar-refractivity contribution in [1.29, 1.82) is 0 Å². The Hall–Kier alpha value is -3.89. The SMILES string of the molecule is CC(C)(C)Oc1cccc(OC(C)(C)C)c1S(OS(=O)(=O)c1c(C(F)(F)F)cc(C(F)(F)F)cc1C(F)(F)F)(c1ccccc1)c1ccccc1. The van der Waals surface area contributed by atoms with E-state index in [0.29, 0.717) is 0 Å². The van der Waals surface area contributed by atoms with Crippen LogP contribution in [0.4, 0.5) is 39.5 Å². The van der Waals surface area contributed by atoms with Gasteiger partial charge in [-0.1, -0.05) is 42.5 Å². The summed E-state index contributed by atoms with van der Waals surface area (Å²) < 4.78 is 176. The zero-order valence-electron chi connectivity index (χ0n) is 27.9. The van der Waals surface area contributed by atoms with Gasteiger partial charge in [0.2, 0.25) is 0 Å². The van der Waals surface area contributed by atoms with Crippen LogP contribution in [0.5, 0.6) is 11.5 Å². The summed E-state index contributed by atoms with van der Waals surface area (Å²) >= 11 is 0. The van der Waals surface area contributed by atoms with Crippen LogP contribution >= 0.6 is 10.3 Å². The van der Waals surface area contributed by atoms with Crippen molar-refractivity contribution in [2.24, 2.45) is 0 Å². The second-order valence-electron chi connectivity index (χ2n) is 13.1. The molecule has 5 nitrogen and oxygen atoms in total. The molecule has 0 bridgehead atoms. The van der Waals surface area contributed by atoms with Gasteiger partial charge in [-0.15, -0.1) is 0 Å². The van der Waals surface area contributed by atoms with Crippen molar-refractivity contribution in [3.8, 4) is 11.5 Å². The number of halogens is 9. The van der Waals surface area contributed by atoms with E-state index in [-0.39, 0.29) is 26.2 Å². The highest BCUT2D eigenvalue weighted by atomic mass is 32.3. The first-order valence-corrected chi connectivity index (χ1v) is 17.9. The summed E-state index contributed by atoms with van der Waals surface area (Å²) in [4.78, 5) is -2.81. The van der Waals surface area contributed by atoms with Crippen molar-refractivity contribution in [3.63, 3.8) is 0 Å². The fourth-order valence-corrected chi connectivity index (χ4v) is 10.7. The number of alkyl halides is 9. The molecule has 16 heteroatoms. The second kappa shape index (κ2) is 13.6. The molecule has 0 unspecified atom stereocenters. The van der Waals surface area contributed by atoms with Crippen molar-refractivity contribution < 1.29 is 61.0 Å². The molecule has 0 saturated heterocycles. The third-order valence-electron chi connectivity index (χ3n) is 6.68. The highest BCUT2D eigenvalue weighted by Crippen LogP contribution is 2.75. The van der Waals surface area contributed by atoms with Crippen LogP contribution in [0.2, 0.25) is 0 Å². The van der Waals surface area contributed by atoms with Gasteiger partial charge in [0.05, 0.1) is 16.7 Å². The quantitative estimate of drug-likeness (QED) is 0.167. The van der Waals surface area contributed by atoms with Gasteiger partial charge >= 0.3 is 28.6 Å². The lowest BCUT2D eigenvalue weighted by Gasteiger charge is -2.42. The number of benzene rings is 4. The molecule has 0 aliphatic heterocycles. The van der Waals surface area contributed by atoms with Gasteiger partial charge in [-0.25, -0.2) is 3.63 Å². The molecule has 0 aromatic heterocycles. The van der Waals surface area contributed by atoms with Crippen molar-refractivity contribution in [2.45, 2.75) is 90.9 Å². The van der Waals surface area contributed by atoms with Crippen LogP contribution in [0.15, 0.2) is 111 Å². The van der Waals surface area contributed by atoms with Crippen molar-refractivity contribution in [3.05, 3.63) is 108 Å². The first-order valence-electron chi connectivity index (χ1n) is 15.0. The lowest BCUT2D eigenvalue weighted by atomic mass is 10.0. The van der Waals surface area contributed by atoms with Gasteiger partial charge in [-0.2, -0.15) is 47.9 Å². The maximum atomic E-state index is 14.5. The molecule has 0 N–H and O–H groups in total. The Labute approximate surface area is 291 Å². The molecule has 4 aromatic carbocycles. The fraction of sp³-hybridized carbons (Fsp3) is 0.314. The molecule has 0 aliphatic rings. The molecule has 51 heavy (non-hydrogen) atoms. The van der Waals surface area contributed by atoms with Crippen LogP contribution < -0.4 is 9.47 Å². The highest BCUT2D eigenvalue weighted by molar-refractivity contribution is 8.33. The standard InChI is InChI=1S/C35H33F9O5S2/c1-31(2,3)47-27-18-13-19-28(48-32(4,5)6)30(27)50(23-14-9-7-10-15-23,24-16-11-8-12-17-24)49-51(45,46)29-25(34(39,40)41)20-22(33(36,37)38)21-26(29)35(42,43)44/h7-21H,1-6H3.